The average molecular weight is 392 g/mol. The molecule has 1 fully saturated rings. The van der Waals surface area contributed by atoms with E-state index in [1.165, 1.54) is 0 Å². The molecule has 2 aromatic rings. The molecule has 1 N–H and O–H groups in total. The zero-order valence-corrected chi connectivity index (χ0v) is 16.2. The molecule has 0 unspecified atom stereocenters. The highest BCUT2D eigenvalue weighted by atomic mass is 35.5. The van der Waals surface area contributed by atoms with Gasteiger partial charge < -0.3 is 0 Å². The van der Waals surface area contributed by atoms with Gasteiger partial charge in [-0.05, 0) is 49.6 Å². The molecular weight excluding hydrogens is 370 g/mol. The summed E-state index contributed by atoms with van der Waals surface area (Å²) in [6.07, 6.45) is 2.98. The van der Waals surface area contributed by atoms with E-state index >= 15 is 0 Å². The maximum Gasteiger partial charge on any atom is 0.241 e. The minimum Gasteiger partial charge on any atom is -0.299 e. The number of hydrogen-bond acceptors (Lipinski definition) is 3. The Bertz CT molecular complexity index is 876. The van der Waals surface area contributed by atoms with Crippen LogP contribution >= 0.6 is 11.6 Å². The number of halogens is 1. The van der Waals surface area contributed by atoms with Crippen LogP contribution in [0.4, 0.5) is 0 Å². The predicted octanol–water partition coefficient (Wildman–Crippen LogP) is 4.43. The molecule has 0 radical (unpaired) electrons. The van der Waals surface area contributed by atoms with Crippen molar-refractivity contribution in [3.05, 3.63) is 64.7 Å². The van der Waals surface area contributed by atoms with Crippen LogP contribution in [0.3, 0.4) is 0 Å². The Morgan fingerprint density at radius 1 is 1.04 bits per heavy atom. The van der Waals surface area contributed by atoms with Crippen LogP contribution in [0.1, 0.15) is 42.9 Å². The van der Waals surface area contributed by atoms with E-state index in [2.05, 4.69) is 4.72 Å². The first-order chi connectivity index (χ1) is 12.4. The molecule has 1 saturated carbocycles. The fraction of sp³-hybridized carbons (Fsp3) is 0.350. The van der Waals surface area contributed by atoms with Crippen LogP contribution in [0.2, 0.25) is 5.02 Å². The maximum atomic E-state index is 12.9. The van der Waals surface area contributed by atoms with Gasteiger partial charge in [-0.2, -0.15) is 0 Å². The van der Waals surface area contributed by atoms with Crippen LogP contribution in [0.25, 0.3) is 0 Å². The van der Waals surface area contributed by atoms with E-state index in [0.717, 1.165) is 24.0 Å². The number of carbonyl (C=O) groups is 1. The van der Waals surface area contributed by atoms with Gasteiger partial charge in [-0.1, -0.05) is 47.9 Å². The second-order valence-corrected chi connectivity index (χ2v) is 8.93. The lowest BCUT2D eigenvalue weighted by molar-refractivity contribution is -0.125. The Balaban J connectivity index is 1.96. The van der Waals surface area contributed by atoms with Crippen molar-refractivity contribution in [1.29, 1.82) is 0 Å². The molecule has 0 bridgehead atoms. The van der Waals surface area contributed by atoms with Crippen molar-refractivity contribution in [2.24, 2.45) is 5.92 Å². The quantitative estimate of drug-likeness (QED) is 0.820. The summed E-state index contributed by atoms with van der Waals surface area (Å²) in [5.74, 6) is -0.243. The molecular formula is C20H22ClNO3S. The second kappa shape index (κ2) is 7.91. The van der Waals surface area contributed by atoms with Crippen molar-refractivity contribution in [2.75, 3.05) is 0 Å². The first-order valence-electron chi connectivity index (χ1n) is 8.74. The van der Waals surface area contributed by atoms with Crippen molar-refractivity contribution < 1.29 is 13.2 Å². The third kappa shape index (κ3) is 4.34. The summed E-state index contributed by atoms with van der Waals surface area (Å²) < 4.78 is 28.6. The number of carbonyl (C=O) groups excluding carboxylic acids is 1. The van der Waals surface area contributed by atoms with Gasteiger partial charge in [0.1, 0.15) is 5.78 Å². The van der Waals surface area contributed by atoms with E-state index in [-0.39, 0.29) is 16.6 Å². The first-order valence-corrected chi connectivity index (χ1v) is 10.6. The molecule has 6 heteroatoms. The summed E-state index contributed by atoms with van der Waals surface area (Å²) in [7, 11) is -3.74. The van der Waals surface area contributed by atoms with Crippen LogP contribution in [0, 0.1) is 12.8 Å². The van der Waals surface area contributed by atoms with Crippen molar-refractivity contribution in [1.82, 2.24) is 4.72 Å². The predicted molar refractivity (Wildman–Crippen MR) is 103 cm³/mol. The third-order valence-corrected chi connectivity index (χ3v) is 6.56. The summed E-state index contributed by atoms with van der Waals surface area (Å²) in [6, 6.07) is 13.1. The lowest BCUT2D eigenvalue weighted by atomic mass is 9.80. The lowest BCUT2D eigenvalue weighted by Gasteiger charge is -2.30. The molecule has 0 saturated heterocycles. The minimum absolute atomic E-state index is 0.114. The number of hydrogen-bond donors (Lipinski definition) is 1. The van der Waals surface area contributed by atoms with Crippen molar-refractivity contribution >= 4 is 27.4 Å². The van der Waals surface area contributed by atoms with Gasteiger partial charge in [0.2, 0.25) is 10.0 Å². The van der Waals surface area contributed by atoms with E-state index in [4.69, 9.17) is 11.6 Å². The minimum atomic E-state index is -3.74. The van der Waals surface area contributed by atoms with Crippen LogP contribution in [0.15, 0.2) is 53.4 Å². The summed E-state index contributed by atoms with van der Waals surface area (Å²) in [5, 5.41) is 0.573. The lowest BCUT2D eigenvalue weighted by Crippen LogP contribution is -2.38. The molecule has 2 atom stereocenters. The van der Waals surface area contributed by atoms with Crippen LogP contribution < -0.4 is 4.72 Å². The fourth-order valence-corrected chi connectivity index (χ4v) is 4.76. The normalized spacial score (nSPS) is 19.3. The van der Waals surface area contributed by atoms with Crippen LogP contribution in [-0.2, 0) is 14.8 Å². The topological polar surface area (TPSA) is 63.2 Å². The molecule has 0 spiro atoms. The monoisotopic (exact) mass is 391 g/mol. The number of nitrogens with one attached hydrogen (secondary N) is 1. The van der Waals surface area contributed by atoms with E-state index < -0.39 is 16.1 Å². The van der Waals surface area contributed by atoms with Crippen molar-refractivity contribution in [3.63, 3.8) is 0 Å². The highest BCUT2D eigenvalue weighted by Crippen LogP contribution is 2.34. The second-order valence-electron chi connectivity index (χ2n) is 6.78. The molecule has 0 aromatic heterocycles. The van der Waals surface area contributed by atoms with Gasteiger partial charge in [0.25, 0.3) is 0 Å². The molecule has 0 aliphatic heterocycles. The van der Waals surface area contributed by atoms with Gasteiger partial charge in [-0.15, -0.1) is 0 Å². The Morgan fingerprint density at radius 2 is 1.69 bits per heavy atom. The van der Waals surface area contributed by atoms with Gasteiger partial charge in [-0.3, -0.25) is 4.79 Å². The van der Waals surface area contributed by atoms with Crippen molar-refractivity contribution in [3.8, 4) is 0 Å². The number of sulfonamides is 1. The zero-order valence-electron chi connectivity index (χ0n) is 14.6. The van der Waals surface area contributed by atoms with E-state index in [1.807, 2.05) is 6.92 Å². The number of benzene rings is 2. The van der Waals surface area contributed by atoms with E-state index in [9.17, 15) is 13.2 Å². The first kappa shape index (κ1) is 19.1. The molecule has 4 nitrogen and oxygen atoms in total. The maximum absolute atomic E-state index is 12.9. The number of rotatable bonds is 5. The fourth-order valence-electron chi connectivity index (χ4n) is 3.37. The summed E-state index contributed by atoms with van der Waals surface area (Å²) in [4.78, 5) is 12.7. The summed E-state index contributed by atoms with van der Waals surface area (Å²) >= 11 is 5.97. The molecule has 0 amide bonds. The van der Waals surface area contributed by atoms with Crippen LogP contribution in [-0.4, -0.2) is 14.2 Å². The molecule has 0 heterocycles. The standard InChI is InChI=1S/C20H22ClNO3S/c1-14-6-12-17(13-7-14)26(24,25)22-20(15-8-10-16(21)11-9-15)18-4-2-3-5-19(18)23/h6-13,18,20,22H,2-5H2,1H3/t18-,20+/m0/s1. The molecule has 26 heavy (non-hydrogen) atoms. The number of Topliss-reactive ketones (excluding diaryl/α,β-unsaturated/α-hetero) is 1. The van der Waals surface area contributed by atoms with Crippen molar-refractivity contribution in [2.45, 2.75) is 43.5 Å². The molecule has 2 aromatic carbocycles. The Kier molecular flexibility index (Phi) is 5.80. The smallest absolute Gasteiger partial charge is 0.241 e. The van der Waals surface area contributed by atoms with E-state index in [1.54, 1.807) is 48.5 Å². The SMILES string of the molecule is Cc1ccc(S(=O)(=O)N[C@H](c2ccc(Cl)cc2)[C@H]2CCCCC2=O)cc1. The van der Waals surface area contributed by atoms with Gasteiger partial charge in [-0.25, -0.2) is 13.1 Å². The number of aryl methyl sites for hydroxylation is 1. The van der Waals surface area contributed by atoms with Gasteiger partial charge in [0, 0.05) is 17.4 Å². The highest BCUT2D eigenvalue weighted by molar-refractivity contribution is 7.89. The molecule has 1 aliphatic rings. The summed E-state index contributed by atoms with van der Waals surface area (Å²) in [6.45, 7) is 1.90. The Morgan fingerprint density at radius 3 is 2.31 bits per heavy atom. The molecule has 3 rings (SSSR count). The molecule has 138 valence electrons. The Hall–Kier alpha value is -1.69. The largest absolute Gasteiger partial charge is 0.299 e. The van der Waals surface area contributed by atoms with Gasteiger partial charge in [0.15, 0.2) is 0 Å². The van der Waals surface area contributed by atoms with Gasteiger partial charge >= 0.3 is 0 Å². The zero-order chi connectivity index (χ0) is 18.7. The Labute approximate surface area is 159 Å². The van der Waals surface area contributed by atoms with Crippen LogP contribution in [0.5, 0.6) is 0 Å². The highest BCUT2D eigenvalue weighted by Gasteiger charge is 2.34. The van der Waals surface area contributed by atoms with Gasteiger partial charge in [0.05, 0.1) is 10.9 Å². The third-order valence-electron chi connectivity index (χ3n) is 4.85. The average Bonchev–Trinajstić information content (AvgIpc) is 2.62. The summed E-state index contributed by atoms with van der Waals surface area (Å²) in [5.41, 5.74) is 1.74. The number of ketones is 1. The molecule has 1 aliphatic carbocycles. The van der Waals surface area contributed by atoms with E-state index in [0.29, 0.717) is 17.9 Å².